The predicted molar refractivity (Wildman–Crippen MR) is 86.9 cm³/mol. The SMILES string of the molecule is CCNc1ncc(Br)c(N2CCC(N3CCOCC3)C2)n1. The molecule has 0 radical (unpaired) electrons. The minimum Gasteiger partial charge on any atom is -0.379 e. The van der Waals surface area contributed by atoms with E-state index in [2.05, 4.69) is 47.9 Å². The van der Waals surface area contributed by atoms with Crippen molar-refractivity contribution in [3.8, 4) is 0 Å². The van der Waals surface area contributed by atoms with Crippen LogP contribution in [0.3, 0.4) is 0 Å². The first kappa shape index (κ1) is 15.0. The molecule has 2 fully saturated rings. The quantitative estimate of drug-likeness (QED) is 0.884. The van der Waals surface area contributed by atoms with Gasteiger partial charge in [-0.1, -0.05) is 0 Å². The number of aromatic nitrogens is 2. The predicted octanol–water partition coefficient (Wildman–Crippen LogP) is 1.58. The van der Waals surface area contributed by atoms with E-state index >= 15 is 0 Å². The smallest absolute Gasteiger partial charge is 0.224 e. The van der Waals surface area contributed by atoms with Crippen LogP contribution in [0.5, 0.6) is 0 Å². The fourth-order valence-corrected chi connectivity index (χ4v) is 3.44. The number of rotatable bonds is 4. The molecule has 2 aliphatic rings. The molecule has 1 aromatic heterocycles. The molecule has 0 bridgehead atoms. The third kappa shape index (κ3) is 3.46. The van der Waals surface area contributed by atoms with Crippen molar-refractivity contribution < 1.29 is 4.74 Å². The Morgan fingerprint density at radius 1 is 1.38 bits per heavy atom. The zero-order chi connectivity index (χ0) is 14.7. The van der Waals surface area contributed by atoms with Crippen molar-refractivity contribution in [2.75, 3.05) is 56.2 Å². The second kappa shape index (κ2) is 6.89. The van der Waals surface area contributed by atoms with Crippen molar-refractivity contribution >= 4 is 27.7 Å². The van der Waals surface area contributed by atoms with Crippen LogP contribution in [0.4, 0.5) is 11.8 Å². The number of ether oxygens (including phenoxy) is 1. The van der Waals surface area contributed by atoms with E-state index < -0.39 is 0 Å². The molecule has 0 aromatic carbocycles. The molecule has 7 heteroatoms. The lowest BCUT2D eigenvalue weighted by Gasteiger charge is -2.32. The second-order valence-electron chi connectivity index (χ2n) is 5.43. The third-order valence-corrected chi connectivity index (χ3v) is 4.64. The first-order valence-electron chi connectivity index (χ1n) is 7.61. The van der Waals surface area contributed by atoms with Crippen LogP contribution in [0.15, 0.2) is 10.7 Å². The molecular formula is C14H22BrN5O. The molecule has 3 heterocycles. The largest absolute Gasteiger partial charge is 0.379 e. The standard InChI is InChI=1S/C14H22BrN5O/c1-2-16-14-17-9-12(15)13(18-14)20-4-3-11(10-20)19-5-7-21-8-6-19/h9,11H,2-8,10H2,1H3,(H,16,17,18). The lowest BCUT2D eigenvalue weighted by molar-refractivity contribution is 0.0209. The average molecular weight is 356 g/mol. The Balaban J connectivity index is 1.68. The van der Waals surface area contributed by atoms with Crippen LogP contribution in [0, 0.1) is 0 Å². The van der Waals surface area contributed by atoms with Gasteiger partial charge in [0.2, 0.25) is 5.95 Å². The van der Waals surface area contributed by atoms with E-state index in [-0.39, 0.29) is 0 Å². The molecule has 3 rings (SSSR count). The summed E-state index contributed by atoms with van der Waals surface area (Å²) >= 11 is 3.58. The molecule has 2 saturated heterocycles. The highest BCUT2D eigenvalue weighted by molar-refractivity contribution is 9.10. The maximum Gasteiger partial charge on any atom is 0.224 e. The van der Waals surface area contributed by atoms with Gasteiger partial charge in [0.1, 0.15) is 5.82 Å². The number of anilines is 2. The Bertz CT molecular complexity index is 480. The molecule has 1 N–H and O–H groups in total. The second-order valence-corrected chi connectivity index (χ2v) is 6.29. The van der Waals surface area contributed by atoms with Crippen LogP contribution in [0.25, 0.3) is 0 Å². The van der Waals surface area contributed by atoms with Gasteiger partial charge < -0.3 is 15.0 Å². The van der Waals surface area contributed by atoms with Gasteiger partial charge in [0.15, 0.2) is 0 Å². The molecule has 1 aromatic rings. The van der Waals surface area contributed by atoms with Gasteiger partial charge >= 0.3 is 0 Å². The lowest BCUT2D eigenvalue weighted by atomic mass is 10.2. The minimum absolute atomic E-state index is 0.610. The van der Waals surface area contributed by atoms with E-state index in [1.807, 2.05) is 6.20 Å². The van der Waals surface area contributed by atoms with Gasteiger partial charge in [-0.2, -0.15) is 4.98 Å². The summed E-state index contributed by atoms with van der Waals surface area (Å²) in [5.74, 6) is 1.70. The Morgan fingerprint density at radius 3 is 2.95 bits per heavy atom. The van der Waals surface area contributed by atoms with Crippen molar-refractivity contribution in [2.24, 2.45) is 0 Å². The van der Waals surface area contributed by atoms with Crippen molar-refractivity contribution in [1.82, 2.24) is 14.9 Å². The Morgan fingerprint density at radius 2 is 2.19 bits per heavy atom. The molecule has 0 amide bonds. The third-order valence-electron chi connectivity index (χ3n) is 4.09. The van der Waals surface area contributed by atoms with Gasteiger partial charge in [-0.05, 0) is 29.3 Å². The summed E-state index contributed by atoms with van der Waals surface area (Å²) in [6.07, 6.45) is 3.02. The number of hydrogen-bond acceptors (Lipinski definition) is 6. The van der Waals surface area contributed by atoms with Crippen LogP contribution < -0.4 is 10.2 Å². The van der Waals surface area contributed by atoms with Gasteiger partial charge in [0.05, 0.1) is 17.7 Å². The maximum atomic E-state index is 5.44. The summed E-state index contributed by atoms with van der Waals surface area (Å²) in [6, 6.07) is 0.610. The topological polar surface area (TPSA) is 53.5 Å². The summed E-state index contributed by atoms with van der Waals surface area (Å²) in [6.45, 7) is 8.77. The van der Waals surface area contributed by atoms with Gasteiger partial charge in [-0.15, -0.1) is 0 Å². The molecule has 1 atom stereocenters. The number of morpholine rings is 1. The molecule has 2 aliphatic heterocycles. The highest BCUT2D eigenvalue weighted by atomic mass is 79.9. The summed E-state index contributed by atoms with van der Waals surface area (Å²) in [5, 5.41) is 3.18. The first-order chi connectivity index (χ1) is 10.3. The van der Waals surface area contributed by atoms with E-state index in [1.165, 1.54) is 6.42 Å². The summed E-state index contributed by atoms with van der Waals surface area (Å²) in [7, 11) is 0. The molecule has 0 spiro atoms. The molecular weight excluding hydrogens is 334 g/mol. The number of nitrogens with zero attached hydrogens (tertiary/aromatic N) is 4. The molecule has 1 unspecified atom stereocenters. The van der Waals surface area contributed by atoms with Crippen LogP contribution in [0.1, 0.15) is 13.3 Å². The first-order valence-corrected chi connectivity index (χ1v) is 8.40. The fraction of sp³-hybridized carbons (Fsp3) is 0.714. The number of halogens is 1. The Hall–Kier alpha value is -0.920. The summed E-state index contributed by atoms with van der Waals surface area (Å²) < 4.78 is 6.41. The van der Waals surface area contributed by atoms with Crippen LogP contribution in [-0.4, -0.2) is 66.8 Å². The van der Waals surface area contributed by atoms with Crippen molar-refractivity contribution in [3.63, 3.8) is 0 Å². The lowest BCUT2D eigenvalue weighted by Crippen LogP contribution is -2.44. The average Bonchev–Trinajstić information content (AvgIpc) is 3.00. The van der Waals surface area contributed by atoms with Crippen molar-refractivity contribution in [1.29, 1.82) is 0 Å². The summed E-state index contributed by atoms with van der Waals surface area (Å²) in [4.78, 5) is 13.8. The zero-order valence-electron chi connectivity index (χ0n) is 12.4. The normalized spacial score (nSPS) is 23.5. The fourth-order valence-electron chi connectivity index (χ4n) is 3.00. The van der Waals surface area contributed by atoms with Crippen LogP contribution in [-0.2, 0) is 4.74 Å². The van der Waals surface area contributed by atoms with E-state index in [0.29, 0.717) is 12.0 Å². The Labute approximate surface area is 134 Å². The van der Waals surface area contributed by atoms with E-state index in [1.54, 1.807) is 0 Å². The van der Waals surface area contributed by atoms with Gasteiger partial charge in [0, 0.05) is 45.0 Å². The van der Waals surface area contributed by atoms with Gasteiger partial charge in [-0.25, -0.2) is 4.98 Å². The number of nitrogens with one attached hydrogen (secondary N) is 1. The zero-order valence-corrected chi connectivity index (χ0v) is 14.0. The molecule has 21 heavy (non-hydrogen) atoms. The molecule has 116 valence electrons. The molecule has 6 nitrogen and oxygen atoms in total. The highest BCUT2D eigenvalue weighted by Gasteiger charge is 2.30. The van der Waals surface area contributed by atoms with Crippen LogP contribution in [0.2, 0.25) is 0 Å². The minimum atomic E-state index is 0.610. The van der Waals surface area contributed by atoms with Gasteiger partial charge in [0.25, 0.3) is 0 Å². The van der Waals surface area contributed by atoms with E-state index in [0.717, 1.165) is 56.2 Å². The van der Waals surface area contributed by atoms with E-state index in [9.17, 15) is 0 Å². The number of hydrogen-bond donors (Lipinski definition) is 1. The Kier molecular flexibility index (Phi) is 4.92. The molecule has 0 saturated carbocycles. The van der Waals surface area contributed by atoms with Crippen molar-refractivity contribution in [2.45, 2.75) is 19.4 Å². The highest BCUT2D eigenvalue weighted by Crippen LogP contribution is 2.29. The maximum absolute atomic E-state index is 5.44. The monoisotopic (exact) mass is 355 g/mol. The van der Waals surface area contributed by atoms with Crippen LogP contribution >= 0.6 is 15.9 Å². The van der Waals surface area contributed by atoms with Gasteiger partial charge in [-0.3, -0.25) is 4.90 Å². The summed E-state index contributed by atoms with van der Waals surface area (Å²) in [5.41, 5.74) is 0. The van der Waals surface area contributed by atoms with Crippen molar-refractivity contribution in [3.05, 3.63) is 10.7 Å². The van der Waals surface area contributed by atoms with E-state index in [4.69, 9.17) is 4.74 Å². The molecule has 0 aliphatic carbocycles.